The Morgan fingerprint density at radius 1 is 1.13 bits per heavy atom. The van der Waals surface area contributed by atoms with Gasteiger partial charge in [-0.05, 0) is 43.4 Å². The second kappa shape index (κ2) is 12.1. The van der Waals surface area contributed by atoms with E-state index in [1.54, 1.807) is 12.1 Å². The molecule has 1 aliphatic heterocycles. The van der Waals surface area contributed by atoms with E-state index in [0.29, 0.717) is 23.8 Å². The molecule has 0 spiro atoms. The molecule has 2 heterocycles. The average molecular weight is 549 g/mol. The minimum Gasteiger partial charge on any atom is -0.497 e. The standard InChI is InChI=1S/C21H25FN2O2.C6H8O7/c1-14-3-6-20(23-10-14)21(25)8-7-15-11-24(13-18(15)21)12-16-4-5-17(26-2)9-19(16)22;7-3(8)1-6(13,5(11)12)2-4(9)10/h3-6,9-10,15,18,25H,7-8,11-13H2,1-2H3;13H,1-2H2,(H,7,8)(H,9,10)(H,11,12)/t15-,18+,21-;/m1./s1. The van der Waals surface area contributed by atoms with E-state index in [0.717, 1.165) is 37.2 Å². The first-order valence-electron chi connectivity index (χ1n) is 12.4. The van der Waals surface area contributed by atoms with Gasteiger partial charge in [0, 0.05) is 43.4 Å². The van der Waals surface area contributed by atoms with Crippen LogP contribution in [0.1, 0.15) is 42.5 Å². The zero-order chi connectivity index (χ0) is 29.0. The van der Waals surface area contributed by atoms with E-state index in [-0.39, 0.29) is 11.7 Å². The molecule has 212 valence electrons. The van der Waals surface area contributed by atoms with Crippen LogP contribution in [0.3, 0.4) is 0 Å². The highest BCUT2D eigenvalue weighted by molar-refractivity contribution is 5.88. The summed E-state index contributed by atoms with van der Waals surface area (Å²) in [6.07, 6.45) is 1.27. The third-order valence-corrected chi connectivity index (χ3v) is 7.32. The van der Waals surface area contributed by atoms with Crippen LogP contribution in [0.4, 0.5) is 4.39 Å². The Labute approximate surface area is 224 Å². The first-order valence-corrected chi connectivity index (χ1v) is 12.4. The number of hydrogen-bond acceptors (Lipinski definition) is 8. The number of carboxylic acids is 3. The molecule has 0 unspecified atom stereocenters. The van der Waals surface area contributed by atoms with E-state index in [1.165, 1.54) is 13.2 Å². The van der Waals surface area contributed by atoms with Crippen molar-refractivity contribution in [1.29, 1.82) is 0 Å². The molecule has 1 aromatic heterocycles. The number of carbonyl (C=O) groups is 3. The molecule has 12 heteroatoms. The van der Waals surface area contributed by atoms with Crippen LogP contribution in [-0.2, 0) is 26.5 Å². The number of fused-ring (bicyclic) bond motifs is 1. The maximum atomic E-state index is 14.3. The SMILES string of the molecule is COc1ccc(CN2C[C@H]3CC[C@](O)(c4ccc(C)cn4)[C@H]3C2)c(F)c1.O=C(O)CC(O)(CC(=O)O)C(=O)O. The summed E-state index contributed by atoms with van der Waals surface area (Å²) in [6, 6.07) is 8.97. The lowest BCUT2D eigenvalue weighted by molar-refractivity contribution is -0.170. The summed E-state index contributed by atoms with van der Waals surface area (Å²) in [5.74, 6) is -4.14. The largest absolute Gasteiger partial charge is 0.497 e. The normalized spacial score (nSPS) is 22.5. The van der Waals surface area contributed by atoms with Gasteiger partial charge in [-0.25, -0.2) is 9.18 Å². The van der Waals surface area contributed by atoms with Crippen molar-refractivity contribution in [2.24, 2.45) is 11.8 Å². The molecule has 5 N–H and O–H groups in total. The van der Waals surface area contributed by atoms with Crippen molar-refractivity contribution in [3.05, 3.63) is 59.2 Å². The van der Waals surface area contributed by atoms with E-state index in [1.807, 2.05) is 25.3 Å². The number of halogens is 1. The minimum atomic E-state index is -2.74. The fourth-order valence-electron chi connectivity index (χ4n) is 5.29. The number of aryl methyl sites for hydroxylation is 1. The summed E-state index contributed by atoms with van der Waals surface area (Å²) in [4.78, 5) is 37.2. The van der Waals surface area contributed by atoms with E-state index in [4.69, 9.17) is 25.2 Å². The van der Waals surface area contributed by atoms with E-state index in [2.05, 4.69) is 9.88 Å². The van der Waals surface area contributed by atoms with E-state index >= 15 is 0 Å². The number of methoxy groups -OCH3 is 1. The molecule has 2 aromatic rings. The molecule has 1 saturated heterocycles. The molecule has 1 saturated carbocycles. The molecule has 1 aliphatic carbocycles. The van der Waals surface area contributed by atoms with Gasteiger partial charge in [-0.15, -0.1) is 0 Å². The Bertz CT molecular complexity index is 1190. The molecule has 39 heavy (non-hydrogen) atoms. The lowest BCUT2D eigenvalue weighted by atomic mass is 9.85. The fourth-order valence-corrected chi connectivity index (χ4v) is 5.29. The number of benzene rings is 1. The predicted molar refractivity (Wildman–Crippen MR) is 134 cm³/mol. The minimum absolute atomic E-state index is 0.152. The van der Waals surface area contributed by atoms with Gasteiger partial charge in [-0.3, -0.25) is 19.5 Å². The number of likely N-dealkylation sites (tertiary alicyclic amines) is 1. The Kier molecular flexibility index (Phi) is 9.26. The summed E-state index contributed by atoms with van der Waals surface area (Å²) in [7, 11) is 1.54. The van der Waals surface area contributed by atoms with Crippen molar-refractivity contribution < 1.29 is 49.0 Å². The fraction of sp³-hybridized carbons (Fsp3) is 0.481. The van der Waals surface area contributed by atoms with Crippen molar-refractivity contribution in [1.82, 2.24) is 9.88 Å². The Morgan fingerprint density at radius 3 is 2.31 bits per heavy atom. The predicted octanol–water partition coefficient (Wildman–Crippen LogP) is 2.02. The van der Waals surface area contributed by atoms with Crippen LogP contribution in [0.5, 0.6) is 5.75 Å². The molecule has 2 aliphatic rings. The smallest absolute Gasteiger partial charge is 0.336 e. The van der Waals surface area contributed by atoms with Crippen molar-refractivity contribution in [3.63, 3.8) is 0 Å². The maximum Gasteiger partial charge on any atom is 0.336 e. The number of aliphatic hydroxyl groups is 2. The van der Waals surface area contributed by atoms with Gasteiger partial charge in [0.05, 0.1) is 25.6 Å². The summed E-state index contributed by atoms with van der Waals surface area (Å²) in [6.45, 7) is 4.21. The van der Waals surface area contributed by atoms with Crippen LogP contribution in [0, 0.1) is 24.6 Å². The topological polar surface area (TPSA) is 178 Å². The van der Waals surface area contributed by atoms with Gasteiger partial charge in [0.2, 0.25) is 0 Å². The monoisotopic (exact) mass is 548 g/mol. The van der Waals surface area contributed by atoms with E-state index in [9.17, 15) is 23.9 Å². The van der Waals surface area contributed by atoms with Crippen molar-refractivity contribution in [2.45, 2.75) is 50.4 Å². The summed E-state index contributed by atoms with van der Waals surface area (Å²) in [5.41, 5.74) is -1.07. The number of ether oxygens (including phenoxy) is 1. The summed E-state index contributed by atoms with van der Waals surface area (Å²) in [5, 5.41) is 45.2. The van der Waals surface area contributed by atoms with Crippen LogP contribution in [-0.4, -0.2) is 79.1 Å². The van der Waals surface area contributed by atoms with Crippen LogP contribution >= 0.6 is 0 Å². The quantitative estimate of drug-likeness (QED) is 0.310. The van der Waals surface area contributed by atoms with Gasteiger partial charge in [0.15, 0.2) is 5.60 Å². The van der Waals surface area contributed by atoms with Crippen LogP contribution in [0.25, 0.3) is 0 Å². The summed E-state index contributed by atoms with van der Waals surface area (Å²) >= 11 is 0. The molecular formula is C27H33FN2O9. The third-order valence-electron chi connectivity index (χ3n) is 7.32. The highest BCUT2D eigenvalue weighted by Gasteiger charge is 2.53. The van der Waals surface area contributed by atoms with Crippen molar-refractivity contribution in [3.8, 4) is 5.75 Å². The van der Waals surface area contributed by atoms with Crippen LogP contribution < -0.4 is 4.74 Å². The number of aliphatic carboxylic acids is 3. The van der Waals surface area contributed by atoms with Crippen LogP contribution in [0.15, 0.2) is 36.5 Å². The first kappa shape index (κ1) is 29.9. The molecule has 11 nitrogen and oxygen atoms in total. The van der Waals surface area contributed by atoms with Gasteiger partial charge in [0.25, 0.3) is 0 Å². The first-order chi connectivity index (χ1) is 18.3. The van der Waals surface area contributed by atoms with Gasteiger partial charge >= 0.3 is 17.9 Å². The Balaban J connectivity index is 0.000000276. The lowest BCUT2D eigenvalue weighted by Gasteiger charge is -2.30. The number of carboxylic acid groups (broad SMARTS) is 3. The zero-order valence-corrected chi connectivity index (χ0v) is 21.7. The molecule has 0 radical (unpaired) electrons. The third kappa shape index (κ3) is 7.08. The highest BCUT2D eigenvalue weighted by atomic mass is 19.1. The van der Waals surface area contributed by atoms with E-state index < -0.39 is 42.0 Å². The molecule has 1 aromatic carbocycles. The number of nitrogens with zero attached hydrogens (tertiary/aromatic N) is 2. The number of rotatable bonds is 9. The zero-order valence-electron chi connectivity index (χ0n) is 21.7. The molecule has 2 fully saturated rings. The average Bonchev–Trinajstić information content (AvgIpc) is 3.40. The lowest BCUT2D eigenvalue weighted by Crippen LogP contribution is -2.42. The van der Waals surface area contributed by atoms with Crippen molar-refractivity contribution >= 4 is 17.9 Å². The summed E-state index contributed by atoms with van der Waals surface area (Å²) < 4.78 is 19.3. The second-order valence-corrected chi connectivity index (χ2v) is 10.2. The highest BCUT2D eigenvalue weighted by Crippen LogP contribution is 2.50. The van der Waals surface area contributed by atoms with Gasteiger partial charge in [-0.2, -0.15) is 0 Å². The number of aromatic nitrogens is 1. The second-order valence-electron chi connectivity index (χ2n) is 10.2. The van der Waals surface area contributed by atoms with Crippen molar-refractivity contribution in [2.75, 3.05) is 20.2 Å². The number of hydrogen-bond donors (Lipinski definition) is 5. The van der Waals surface area contributed by atoms with Gasteiger partial charge < -0.3 is 30.3 Å². The van der Waals surface area contributed by atoms with Gasteiger partial charge in [0.1, 0.15) is 17.2 Å². The number of pyridine rings is 1. The molecule has 4 rings (SSSR count). The molecule has 0 bridgehead atoms. The molecular weight excluding hydrogens is 515 g/mol. The Morgan fingerprint density at radius 2 is 1.79 bits per heavy atom. The maximum absolute atomic E-state index is 14.3. The Hall–Kier alpha value is -3.61. The van der Waals surface area contributed by atoms with Crippen LogP contribution in [0.2, 0.25) is 0 Å². The molecule has 0 amide bonds. The molecule has 3 atom stereocenters. The van der Waals surface area contributed by atoms with Gasteiger partial charge in [-0.1, -0.05) is 12.1 Å².